The molecule has 0 saturated heterocycles. The Morgan fingerprint density at radius 2 is 1.23 bits per heavy atom. The Balaban J connectivity index is 1.27. The quantitative estimate of drug-likeness (QED) is 0.285. The lowest BCUT2D eigenvalue weighted by Gasteiger charge is -2.29. The predicted molar refractivity (Wildman–Crippen MR) is 135 cm³/mol. The van der Waals surface area contributed by atoms with Crippen LogP contribution in [0.15, 0.2) is 24.3 Å². The van der Waals surface area contributed by atoms with Crippen molar-refractivity contribution < 1.29 is 4.74 Å². The maximum atomic E-state index is 6.07. The minimum Gasteiger partial charge on any atom is -0.494 e. The first kappa shape index (κ1) is 24.7. The lowest BCUT2D eigenvalue weighted by atomic mass is 9.77. The maximum Gasteiger partial charge on any atom is 0.119 e. The van der Waals surface area contributed by atoms with E-state index in [1.165, 1.54) is 109 Å². The van der Waals surface area contributed by atoms with E-state index in [1.54, 1.807) is 5.56 Å². The summed E-state index contributed by atoms with van der Waals surface area (Å²) >= 11 is 0. The predicted octanol–water partition coefficient (Wildman–Crippen LogP) is 9.70. The first-order valence-corrected chi connectivity index (χ1v) is 14.0. The molecule has 0 radical (unpaired) electrons. The number of hydrogen-bond donors (Lipinski definition) is 0. The maximum absolute atomic E-state index is 6.07. The van der Waals surface area contributed by atoms with Crippen LogP contribution in [0.5, 0.6) is 5.75 Å². The van der Waals surface area contributed by atoms with Crippen molar-refractivity contribution in [3.63, 3.8) is 0 Å². The Kier molecular flexibility index (Phi) is 11.3. The van der Waals surface area contributed by atoms with E-state index in [9.17, 15) is 0 Å². The lowest BCUT2D eigenvalue weighted by Crippen LogP contribution is -2.14. The highest BCUT2D eigenvalue weighted by Gasteiger charge is 2.22. The average molecular weight is 427 g/mol. The highest BCUT2D eigenvalue weighted by molar-refractivity contribution is 5.29. The Labute approximate surface area is 193 Å². The van der Waals surface area contributed by atoms with Gasteiger partial charge in [-0.1, -0.05) is 96.6 Å². The molecular weight excluding hydrogens is 376 g/mol. The smallest absolute Gasteiger partial charge is 0.119 e. The average Bonchev–Trinajstić information content (AvgIpc) is 2.83. The fraction of sp³-hybridized carbons (Fsp3) is 0.800. The second-order valence-electron chi connectivity index (χ2n) is 10.8. The summed E-state index contributed by atoms with van der Waals surface area (Å²) in [7, 11) is 0. The third kappa shape index (κ3) is 8.82. The highest BCUT2D eigenvalue weighted by atomic mass is 16.5. The third-order valence-corrected chi connectivity index (χ3v) is 8.48. The fourth-order valence-corrected chi connectivity index (χ4v) is 6.15. The van der Waals surface area contributed by atoms with Gasteiger partial charge in [-0.2, -0.15) is 0 Å². The topological polar surface area (TPSA) is 9.23 Å². The van der Waals surface area contributed by atoms with Gasteiger partial charge < -0.3 is 4.74 Å². The van der Waals surface area contributed by atoms with E-state index in [2.05, 4.69) is 38.1 Å². The van der Waals surface area contributed by atoms with Crippen molar-refractivity contribution in [3.8, 4) is 5.75 Å². The van der Waals surface area contributed by atoms with Crippen molar-refractivity contribution in [3.05, 3.63) is 29.8 Å². The summed E-state index contributed by atoms with van der Waals surface area (Å²) in [4.78, 5) is 0. The Hall–Kier alpha value is -0.980. The summed E-state index contributed by atoms with van der Waals surface area (Å²) in [6.45, 7) is 5.54. The molecule has 1 heteroatoms. The molecule has 1 nitrogen and oxygen atoms in total. The van der Waals surface area contributed by atoms with E-state index in [0.29, 0.717) is 0 Å². The molecule has 2 aliphatic rings. The molecule has 1 aromatic carbocycles. The molecule has 0 N–H and O–H groups in total. The van der Waals surface area contributed by atoms with E-state index in [0.717, 1.165) is 36.0 Å². The van der Waals surface area contributed by atoms with Crippen LogP contribution >= 0.6 is 0 Å². The number of rotatable bonds is 13. The molecule has 2 saturated carbocycles. The van der Waals surface area contributed by atoms with Gasteiger partial charge in [0.25, 0.3) is 0 Å². The highest BCUT2D eigenvalue weighted by Crippen LogP contribution is 2.38. The van der Waals surface area contributed by atoms with Crippen molar-refractivity contribution in [1.82, 2.24) is 0 Å². The molecule has 31 heavy (non-hydrogen) atoms. The van der Waals surface area contributed by atoms with Crippen LogP contribution in [0.3, 0.4) is 0 Å². The van der Waals surface area contributed by atoms with Gasteiger partial charge in [-0.05, 0) is 79.9 Å². The van der Waals surface area contributed by atoms with Crippen LogP contribution < -0.4 is 4.74 Å². The Morgan fingerprint density at radius 1 is 0.645 bits per heavy atom. The van der Waals surface area contributed by atoms with Crippen LogP contribution in [0.4, 0.5) is 0 Å². The molecule has 2 fully saturated rings. The normalized spacial score (nSPS) is 26.6. The van der Waals surface area contributed by atoms with Gasteiger partial charge in [0.15, 0.2) is 0 Å². The monoisotopic (exact) mass is 426 g/mol. The van der Waals surface area contributed by atoms with Gasteiger partial charge in [0.05, 0.1) is 6.61 Å². The Bertz CT molecular complexity index is 561. The largest absolute Gasteiger partial charge is 0.494 e. The molecule has 0 amide bonds. The number of hydrogen-bond acceptors (Lipinski definition) is 1. The Morgan fingerprint density at radius 3 is 1.87 bits per heavy atom. The molecule has 3 rings (SSSR count). The summed E-state index contributed by atoms with van der Waals surface area (Å²) in [5.41, 5.74) is 1.54. The molecule has 0 bridgehead atoms. The zero-order valence-electron chi connectivity index (χ0n) is 20.8. The summed E-state index contributed by atoms with van der Waals surface area (Å²) < 4.78 is 6.07. The SMILES string of the molecule is CCCCCCC[C@H]1CC[C@H](c2ccc(OCCC[C@H]3CC[C@H](CC)CC3)cc2)CC1. The van der Waals surface area contributed by atoms with Crippen molar-refractivity contribution in [2.75, 3.05) is 6.61 Å². The molecule has 0 atom stereocenters. The van der Waals surface area contributed by atoms with Gasteiger partial charge in [-0.25, -0.2) is 0 Å². The zero-order chi connectivity index (χ0) is 21.7. The van der Waals surface area contributed by atoms with Crippen molar-refractivity contribution >= 4 is 0 Å². The summed E-state index contributed by atoms with van der Waals surface area (Å²) in [6.07, 6.45) is 24.1. The number of benzene rings is 1. The van der Waals surface area contributed by atoms with Gasteiger partial charge in [-0.15, -0.1) is 0 Å². The van der Waals surface area contributed by atoms with E-state index in [4.69, 9.17) is 4.74 Å². The van der Waals surface area contributed by atoms with E-state index in [-0.39, 0.29) is 0 Å². The minimum atomic E-state index is 0.781. The van der Waals surface area contributed by atoms with Crippen molar-refractivity contribution in [1.29, 1.82) is 0 Å². The van der Waals surface area contributed by atoms with Crippen LogP contribution in [0.25, 0.3) is 0 Å². The fourth-order valence-electron chi connectivity index (χ4n) is 6.15. The number of unbranched alkanes of at least 4 members (excludes halogenated alkanes) is 4. The number of ether oxygens (including phenoxy) is 1. The second kappa shape index (κ2) is 14.2. The van der Waals surface area contributed by atoms with Crippen LogP contribution in [-0.2, 0) is 0 Å². The molecule has 0 heterocycles. The molecule has 2 aliphatic carbocycles. The third-order valence-electron chi connectivity index (χ3n) is 8.48. The van der Waals surface area contributed by atoms with E-state index < -0.39 is 0 Å². The van der Waals surface area contributed by atoms with Gasteiger partial charge in [0.2, 0.25) is 0 Å². The standard InChI is InChI=1S/C30H50O/c1-3-5-6-7-8-10-26-16-18-28(19-17-26)29-20-22-30(23-21-29)31-24-9-11-27-14-12-25(4-2)13-15-27/h20-23,25-28H,3-19,24H2,1-2H3/t25-,26-,27-,28-. The van der Waals surface area contributed by atoms with Crippen LogP contribution in [-0.4, -0.2) is 6.61 Å². The van der Waals surface area contributed by atoms with Crippen LogP contribution in [0.1, 0.15) is 134 Å². The van der Waals surface area contributed by atoms with Gasteiger partial charge in [-0.3, -0.25) is 0 Å². The molecule has 0 spiro atoms. The van der Waals surface area contributed by atoms with Gasteiger partial charge in [0.1, 0.15) is 5.75 Å². The van der Waals surface area contributed by atoms with Crippen LogP contribution in [0.2, 0.25) is 0 Å². The molecular formula is C30H50O. The van der Waals surface area contributed by atoms with Crippen molar-refractivity contribution in [2.24, 2.45) is 17.8 Å². The van der Waals surface area contributed by atoms with E-state index >= 15 is 0 Å². The van der Waals surface area contributed by atoms with E-state index in [1.807, 2.05) is 0 Å². The molecule has 0 unspecified atom stereocenters. The second-order valence-corrected chi connectivity index (χ2v) is 10.8. The zero-order valence-corrected chi connectivity index (χ0v) is 20.8. The summed E-state index contributed by atoms with van der Waals surface area (Å²) in [5, 5.41) is 0. The summed E-state index contributed by atoms with van der Waals surface area (Å²) in [6, 6.07) is 9.14. The molecule has 0 aromatic heterocycles. The molecule has 176 valence electrons. The first-order chi connectivity index (χ1) is 15.3. The summed E-state index contributed by atoms with van der Waals surface area (Å²) in [5.74, 6) is 4.82. The lowest BCUT2D eigenvalue weighted by molar-refractivity contribution is 0.234. The van der Waals surface area contributed by atoms with Crippen LogP contribution in [0, 0.1) is 17.8 Å². The van der Waals surface area contributed by atoms with Crippen molar-refractivity contribution in [2.45, 2.75) is 129 Å². The molecule has 0 aliphatic heterocycles. The minimum absolute atomic E-state index is 0.781. The first-order valence-electron chi connectivity index (χ1n) is 14.0. The van der Waals surface area contributed by atoms with Gasteiger partial charge in [0, 0.05) is 0 Å². The molecule has 1 aromatic rings. The van der Waals surface area contributed by atoms with Gasteiger partial charge >= 0.3 is 0 Å².